The minimum Gasteiger partial charge on any atom is -0.381 e. The predicted octanol–water partition coefficient (Wildman–Crippen LogP) is 2.19. The number of Topliss-reactive ketones (excluding diaryl/α,β-unsaturated/α-hetero) is 1. The van der Waals surface area contributed by atoms with Gasteiger partial charge >= 0.3 is 6.03 Å². The number of hydrogen-bond acceptors (Lipinski definition) is 3. The van der Waals surface area contributed by atoms with Crippen molar-refractivity contribution in [3.05, 3.63) is 29.8 Å². The van der Waals surface area contributed by atoms with Crippen molar-refractivity contribution in [1.29, 1.82) is 0 Å². The van der Waals surface area contributed by atoms with Gasteiger partial charge in [0.25, 0.3) is 0 Å². The van der Waals surface area contributed by atoms with Crippen LogP contribution in [0.3, 0.4) is 0 Å². The van der Waals surface area contributed by atoms with Crippen LogP contribution < -0.4 is 10.6 Å². The maximum atomic E-state index is 11.7. The molecule has 1 aromatic carbocycles. The Morgan fingerprint density at radius 2 is 2.05 bits per heavy atom. The second-order valence-corrected chi connectivity index (χ2v) is 4.76. The fraction of sp³-hybridized carbons (Fsp3) is 0.429. The number of hydrogen-bond donors (Lipinski definition) is 2. The number of carbonyl (C=O) groups excluding carboxylic acids is 2. The summed E-state index contributed by atoms with van der Waals surface area (Å²) in [6, 6.07) is 6.81. The quantitative estimate of drug-likeness (QED) is 0.817. The van der Waals surface area contributed by atoms with E-state index in [9.17, 15) is 9.59 Å². The molecular weight excluding hydrogens is 244 g/mol. The van der Waals surface area contributed by atoms with Crippen molar-refractivity contribution in [2.45, 2.75) is 31.9 Å². The number of benzene rings is 1. The van der Waals surface area contributed by atoms with Crippen molar-refractivity contribution >= 4 is 17.5 Å². The normalized spacial score (nSPS) is 21.4. The number of ether oxygens (including phenoxy) is 1. The zero-order chi connectivity index (χ0) is 13.8. The van der Waals surface area contributed by atoms with Crippen molar-refractivity contribution in [1.82, 2.24) is 5.32 Å². The molecule has 0 aliphatic heterocycles. The van der Waals surface area contributed by atoms with Gasteiger partial charge in [0.2, 0.25) is 0 Å². The van der Waals surface area contributed by atoms with Crippen LogP contribution in [0.15, 0.2) is 24.3 Å². The third kappa shape index (κ3) is 3.54. The van der Waals surface area contributed by atoms with Crippen molar-refractivity contribution in [2.75, 3.05) is 12.4 Å². The molecule has 5 heteroatoms. The fourth-order valence-corrected chi connectivity index (χ4v) is 2.04. The van der Waals surface area contributed by atoms with Gasteiger partial charge in [-0.2, -0.15) is 0 Å². The summed E-state index contributed by atoms with van der Waals surface area (Å²) in [5, 5.41) is 5.59. The molecule has 0 atom stereocenters. The van der Waals surface area contributed by atoms with Gasteiger partial charge in [-0.15, -0.1) is 0 Å². The highest BCUT2D eigenvalue weighted by Gasteiger charge is 2.30. The Kier molecular flexibility index (Phi) is 4.16. The van der Waals surface area contributed by atoms with Gasteiger partial charge in [0.1, 0.15) is 0 Å². The molecule has 1 aromatic rings. The van der Waals surface area contributed by atoms with Crippen molar-refractivity contribution in [3.8, 4) is 0 Å². The molecule has 1 aliphatic carbocycles. The van der Waals surface area contributed by atoms with Gasteiger partial charge < -0.3 is 15.4 Å². The van der Waals surface area contributed by atoms with E-state index in [0.29, 0.717) is 11.3 Å². The Hall–Kier alpha value is -1.88. The van der Waals surface area contributed by atoms with Crippen LogP contribution >= 0.6 is 0 Å². The van der Waals surface area contributed by atoms with Crippen LogP contribution in [0.1, 0.15) is 30.1 Å². The van der Waals surface area contributed by atoms with E-state index in [1.807, 2.05) is 0 Å². The summed E-state index contributed by atoms with van der Waals surface area (Å²) in [4.78, 5) is 23.0. The molecule has 0 radical (unpaired) electrons. The van der Waals surface area contributed by atoms with E-state index >= 15 is 0 Å². The number of urea groups is 1. The monoisotopic (exact) mass is 262 g/mol. The van der Waals surface area contributed by atoms with Crippen LogP contribution in [-0.2, 0) is 4.74 Å². The minimum atomic E-state index is -0.250. The standard InChI is InChI=1S/C14H18N2O3/c1-9(17)10-4-3-5-11(6-10)15-14(18)16-12-7-13(8-12)19-2/h3-6,12-13H,7-8H2,1-2H3,(H2,15,16,18). The van der Waals surface area contributed by atoms with Gasteiger partial charge in [-0.1, -0.05) is 12.1 Å². The molecular formula is C14H18N2O3. The van der Waals surface area contributed by atoms with E-state index < -0.39 is 0 Å². The maximum absolute atomic E-state index is 11.7. The fourth-order valence-electron chi connectivity index (χ4n) is 2.04. The zero-order valence-corrected chi connectivity index (χ0v) is 11.1. The van der Waals surface area contributed by atoms with Crippen molar-refractivity contribution < 1.29 is 14.3 Å². The summed E-state index contributed by atoms with van der Waals surface area (Å²) in [5.41, 5.74) is 1.20. The molecule has 0 saturated heterocycles. The molecule has 102 valence electrons. The number of carbonyl (C=O) groups is 2. The van der Waals surface area contributed by atoms with E-state index in [-0.39, 0.29) is 24.0 Å². The number of methoxy groups -OCH3 is 1. The van der Waals surface area contributed by atoms with Crippen molar-refractivity contribution in [2.24, 2.45) is 0 Å². The third-order valence-electron chi connectivity index (χ3n) is 3.29. The Balaban J connectivity index is 1.85. The van der Waals surface area contributed by atoms with Crippen LogP contribution in [-0.4, -0.2) is 31.1 Å². The summed E-state index contributed by atoms with van der Waals surface area (Å²) < 4.78 is 5.15. The molecule has 2 amide bonds. The van der Waals surface area contributed by atoms with Crippen molar-refractivity contribution in [3.63, 3.8) is 0 Å². The Morgan fingerprint density at radius 3 is 2.68 bits per heavy atom. The van der Waals surface area contributed by atoms with E-state index in [1.54, 1.807) is 31.4 Å². The van der Waals surface area contributed by atoms with Gasteiger partial charge in [0, 0.05) is 24.4 Å². The molecule has 2 rings (SSSR count). The number of ketones is 1. The molecule has 1 fully saturated rings. The molecule has 0 heterocycles. The van der Waals surface area contributed by atoms with E-state index in [4.69, 9.17) is 4.74 Å². The molecule has 5 nitrogen and oxygen atoms in total. The topological polar surface area (TPSA) is 67.4 Å². The average molecular weight is 262 g/mol. The lowest BCUT2D eigenvalue weighted by Crippen LogP contribution is -2.48. The summed E-state index contributed by atoms with van der Waals surface area (Å²) in [6.07, 6.45) is 1.95. The van der Waals surface area contributed by atoms with Gasteiger partial charge in [0.15, 0.2) is 5.78 Å². The highest BCUT2D eigenvalue weighted by molar-refractivity contribution is 5.96. The lowest BCUT2D eigenvalue weighted by molar-refractivity contribution is 0.0210. The highest BCUT2D eigenvalue weighted by atomic mass is 16.5. The summed E-state index contributed by atoms with van der Waals surface area (Å²) in [7, 11) is 1.67. The number of rotatable bonds is 4. The van der Waals surface area contributed by atoms with E-state index in [0.717, 1.165) is 12.8 Å². The van der Waals surface area contributed by atoms with Gasteiger partial charge in [0.05, 0.1) is 6.10 Å². The van der Waals surface area contributed by atoms with Gasteiger partial charge in [-0.25, -0.2) is 4.79 Å². The molecule has 1 saturated carbocycles. The zero-order valence-electron chi connectivity index (χ0n) is 11.1. The summed E-state index contributed by atoms with van der Waals surface area (Å²) in [5.74, 6) is -0.0222. The van der Waals surface area contributed by atoms with E-state index in [1.165, 1.54) is 6.92 Å². The third-order valence-corrected chi connectivity index (χ3v) is 3.29. The molecule has 0 spiro atoms. The molecule has 0 unspecified atom stereocenters. The summed E-state index contributed by atoms with van der Waals surface area (Å²) in [6.45, 7) is 1.50. The smallest absolute Gasteiger partial charge is 0.319 e. The Morgan fingerprint density at radius 1 is 1.32 bits per heavy atom. The first kappa shape index (κ1) is 13.5. The van der Waals surface area contributed by atoms with Crippen LogP contribution in [0, 0.1) is 0 Å². The second kappa shape index (κ2) is 5.84. The highest BCUT2D eigenvalue weighted by Crippen LogP contribution is 2.22. The first-order chi connectivity index (χ1) is 9.08. The SMILES string of the molecule is COC1CC(NC(=O)Nc2cccc(C(C)=O)c2)C1. The number of anilines is 1. The Bertz CT molecular complexity index is 481. The minimum absolute atomic E-state index is 0.0222. The first-order valence-electron chi connectivity index (χ1n) is 6.30. The van der Waals surface area contributed by atoms with Crippen LogP contribution in [0.5, 0.6) is 0 Å². The lowest BCUT2D eigenvalue weighted by atomic mass is 9.89. The predicted molar refractivity (Wildman–Crippen MR) is 72.4 cm³/mol. The molecule has 1 aliphatic rings. The summed E-state index contributed by atoms with van der Waals surface area (Å²) >= 11 is 0. The van der Waals surface area contributed by atoms with Crippen LogP contribution in [0.25, 0.3) is 0 Å². The molecule has 0 aromatic heterocycles. The lowest BCUT2D eigenvalue weighted by Gasteiger charge is -2.34. The molecule has 2 N–H and O–H groups in total. The maximum Gasteiger partial charge on any atom is 0.319 e. The van der Waals surface area contributed by atoms with Gasteiger partial charge in [-0.3, -0.25) is 4.79 Å². The average Bonchev–Trinajstić information content (AvgIpc) is 2.33. The molecule has 19 heavy (non-hydrogen) atoms. The largest absolute Gasteiger partial charge is 0.381 e. The number of nitrogens with one attached hydrogen (secondary N) is 2. The van der Waals surface area contributed by atoms with Gasteiger partial charge in [-0.05, 0) is 31.9 Å². The Labute approximate surface area is 112 Å². The van der Waals surface area contributed by atoms with E-state index in [2.05, 4.69) is 10.6 Å². The number of amides is 2. The second-order valence-electron chi connectivity index (χ2n) is 4.76. The van der Waals surface area contributed by atoms with Crippen LogP contribution in [0.4, 0.5) is 10.5 Å². The molecule has 0 bridgehead atoms. The first-order valence-corrected chi connectivity index (χ1v) is 6.30. The van der Waals surface area contributed by atoms with Crippen LogP contribution in [0.2, 0.25) is 0 Å².